The summed E-state index contributed by atoms with van der Waals surface area (Å²) in [5.41, 5.74) is 2.25. The van der Waals surface area contributed by atoms with E-state index in [1.165, 1.54) is 0 Å². The van der Waals surface area contributed by atoms with Crippen LogP contribution in [0.3, 0.4) is 0 Å². The van der Waals surface area contributed by atoms with Gasteiger partial charge in [-0.3, -0.25) is 0 Å². The minimum absolute atomic E-state index is 0.153. The van der Waals surface area contributed by atoms with Crippen molar-refractivity contribution >= 4 is 10.0 Å². The second-order valence-electron chi connectivity index (χ2n) is 5.07. The van der Waals surface area contributed by atoms with Crippen molar-refractivity contribution in [3.8, 4) is 0 Å². The second kappa shape index (κ2) is 6.50. The van der Waals surface area contributed by atoms with Crippen LogP contribution in [0.15, 0.2) is 17.0 Å². The summed E-state index contributed by atoms with van der Waals surface area (Å²) < 4.78 is 27.1. The van der Waals surface area contributed by atoms with Crippen LogP contribution < -0.4 is 4.72 Å². The van der Waals surface area contributed by atoms with Crippen molar-refractivity contribution in [1.29, 1.82) is 0 Å². The van der Waals surface area contributed by atoms with Crippen LogP contribution in [-0.4, -0.2) is 20.1 Å². The first-order valence-corrected chi connectivity index (χ1v) is 8.00. The summed E-state index contributed by atoms with van der Waals surface area (Å²) in [6, 6.07) is 3.35. The number of nitrogens with one attached hydrogen (secondary N) is 1. The highest BCUT2D eigenvalue weighted by Crippen LogP contribution is 2.20. The van der Waals surface area contributed by atoms with E-state index in [0.29, 0.717) is 23.6 Å². The number of benzene rings is 1. The van der Waals surface area contributed by atoms with E-state index < -0.39 is 10.0 Å². The van der Waals surface area contributed by atoms with Gasteiger partial charge in [0.1, 0.15) is 0 Å². The van der Waals surface area contributed by atoms with Gasteiger partial charge in [-0.2, -0.15) is 0 Å². The molecular weight excluding hydrogens is 262 g/mol. The number of sulfonamides is 1. The maximum absolute atomic E-state index is 12.3. The smallest absolute Gasteiger partial charge is 0.240 e. The van der Waals surface area contributed by atoms with E-state index in [9.17, 15) is 13.5 Å². The molecule has 0 aliphatic heterocycles. The van der Waals surface area contributed by atoms with Crippen LogP contribution in [0.2, 0.25) is 0 Å². The molecular formula is C14H23NO3S. The van der Waals surface area contributed by atoms with Crippen LogP contribution >= 0.6 is 0 Å². The molecule has 1 unspecified atom stereocenters. The summed E-state index contributed by atoms with van der Waals surface area (Å²) >= 11 is 0. The minimum atomic E-state index is -3.51. The highest BCUT2D eigenvalue weighted by Gasteiger charge is 2.18. The molecule has 4 nitrogen and oxygen atoms in total. The Morgan fingerprint density at radius 2 is 1.89 bits per heavy atom. The number of rotatable bonds is 6. The molecule has 0 aromatic heterocycles. The highest BCUT2D eigenvalue weighted by molar-refractivity contribution is 7.89. The molecule has 1 rings (SSSR count). The molecule has 19 heavy (non-hydrogen) atoms. The van der Waals surface area contributed by atoms with Gasteiger partial charge in [-0.25, -0.2) is 13.1 Å². The number of aliphatic hydroxyl groups excluding tert-OH is 1. The van der Waals surface area contributed by atoms with Crippen molar-refractivity contribution in [2.45, 2.75) is 45.6 Å². The quantitative estimate of drug-likeness (QED) is 0.841. The maximum Gasteiger partial charge on any atom is 0.240 e. The van der Waals surface area contributed by atoms with Gasteiger partial charge < -0.3 is 5.11 Å². The number of aliphatic hydroxyl groups is 1. The molecule has 1 atom stereocenters. The van der Waals surface area contributed by atoms with Crippen molar-refractivity contribution in [3.63, 3.8) is 0 Å². The van der Waals surface area contributed by atoms with Gasteiger partial charge in [-0.1, -0.05) is 26.3 Å². The molecule has 108 valence electrons. The summed E-state index contributed by atoms with van der Waals surface area (Å²) in [7, 11) is -3.51. The lowest BCUT2D eigenvalue weighted by molar-refractivity contribution is 0.280. The van der Waals surface area contributed by atoms with Gasteiger partial charge in [-0.05, 0) is 42.5 Å². The Kier molecular flexibility index (Phi) is 5.52. The lowest BCUT2D eigenvalue weighted by Gasteiger charge is -2.14. The van der Waals surface area contributed by atoms with Crippen LogP contribution in [0.4, 0.5) is 0 Å². The van der Waals surface area contributed by atoms with Gasteiger partial charge in [0, 0.05) is 6.54 Å². The van der Waals surface area contributed by atoms with Crippen molar-refractivity contribution in [2.75, 3.05) is 6.54 Å². The fraction of sp³-hybridized carbons (Fsp3) is 0.571. The van der Waals surface area contributed by atoms with Crippen molar-refractivity contribution < 1.29 is 13.5 Å². The summed E-state index contributed by atoms with van der Waals surface area (Å²) in [4.78, 5) is 0.255. The van der Waals surface area contributed by atoms with E-state index in [2.05, 4.69) is 4.72 Å². The Bertz CT molecular complexity index is 538. The Labute approximate surface area is 115 Å². The minimum Gasteiger partial charge on any atom is -0.392 e. The van der Waals surface area contributed by atoms with Gasteiger partial charge in [0.2, 0.25) is 10.0 Å². The SMILES string of the molecule is CCC(C)CNS(=O)(=O)c1cc(CO)c(C)cc1C. The summed E-state index contributed by atoms with van der Waals surface area (Å²) in [6.07, 6.45) is 0.928. The molecule has 0 saturated heterocycles. The van der Waals surface area contributed by atoms with E-state index >= 15 is 0 Å². The van der Waals surface area contributed by atoms with Gasteiger partial charge >= 0.3 is 0 Å². The van der Waals surface area contributed by atoms with Crippen LogP contribution in [0.5, 0.6) is 0 Å². The summed E-state index contributed by atoms with van der Waals surface area (Å²) in [6.45, 7) is 7.94. The summed E-state index contributed by atoms with van der Waals surface area (Å²) in [5, 5.41) is 9.24. The Morgan fingerprint density at radius 1 is 1.26 bits per heavy atom. The zero-order valence-corrected chi connectivity index (χ0v) is 12.8. The van der Waals surface area contributed by atoms with E-state index in [1.54, 1.807) is 19.1 Å². The molecule has 1 aromatic carbocycles. The standard InChI is InChI=1S/C14H23NO3S/c1-5-10(2)8-15-19(17,18)14-7-13(9-16)11(3)6-12(14)4/h6-7,10,15-16H,5,8-9H2,1-4H3. The van der Waals surface area contributed by atoms with E-state index in [4.69, 9.17) is 0 Å². The highest BCUT2D eigenvalue weighted by atomic mass is 32.2. The zero-order chi connectivity index (χ0) is 14.6. The Morgan fingerprint density at radius 3 is 2.42 bits per heavy atom. The predicted molar refractivity (Wildman–Crippen MR) is 76.5 cm³/mol. The van der Waals surface area contributed by atoms with E-state index in [1.807, 2.05) is 20.8 Å². The molecule has 0 radical (unpaired) electrons. The van der Waals surface area contributed by atoms with Gasteiger partial charge in [0.25, 0.3) is 0 Å². The molecule has 0 bridgehead atoms. The summed E-state index contributed by atoms with van der Waals surface area (Å²) in [5.74, 6) is 0.304. The Hall–Kier alpha value is -0.910. The molecule has 1 aromatic rings. The third-order valence-corrected chi connectivity index (χ3v) is 4.98. The normalized spacial score (nSPS) is 13.5. The third-order valence-electron chi connectivity index (χ3n) is 3.41. The first-order chi connectivity index (χ1) is 8.81. The Balaban J connectivity index is 3.07. The average Bonchev–Trinajstić information content (AvgIpc) is 2.35. The van der Waals surface area contributed by atoms with Crippen molar-refractivity contribution in [1.82, 2.24) is 4.72 Å². The van der Waals surface area contributed by atoms with Crippen molar-refractivity contribution in [2.24, 2.45) is 5.92 Å². The first kappa shape index (κ1) is 16.1. The fourth-order valence-electron chi connectivity index (χ4n) is 1.81. The lowest BCUT2D eigenvalue weighted by Crippen LogP contribution is -2.29. The molecule has 0 amide bonds. The molecule has 0 aliphatic rings. The number of hydrogen-bond donors (Lipinski definition) is 2. The van der Waals surface area contributed by atoms with Crippen LogP contribution in [0.25, 0.3) is 0 Å². The second-order valence-corrected chi connectivity index (χ2v) is 6.80. The molecule has 0 saturated carbocycles. The average molecular weight is 285 g/mol. The largest absolute Gasteiger partial charge is 0.392 e. The first-order valence-electron chi connectivity index (χ1n) is 6.52. The number of aryl methyl sites for hydroxylation is 2. The van der Waals surface area contributed by atoms with Gasteiger partial charge in [0.05, 0.1) is 11.5 Å². The molecule has 0 heterocycles. The van der Waals surface area contributed by atoms with E-state index in [0.717, 1.165) is 12.0 Å². The van der Waals surface area contributed by atoms with Crippen LogP contribution in [0.1, 0.15) is 37.0 Å². The molecule has 0 fully saturated rings. The fourth-order valence-corrected chi connectivity index (χ4v) is 3.25. The molecule has 0 spiro atoms. The zero-order valence-electron chi connectivity index (χ0n) is 12.0. The molecule has 0 aliphatic carbocycles. The topological polar surface area (TPSA) is 66.4 Å². The van der Waals surface area contributed by atoms with Crippen molar-refractivity contribution in [3.05, 3.63) is 28.8 Å². The van der Waals surface area contributed by atoms with Crippen LogP contribution in [0, 0.1) is 19.8 Å². The predicted octanol–water partition coefficient (Wildman–Crippen LogP) is 2.12. The monoisotopic (exact) mass is 285 g/mol. The molecule has 5 heteroatoms. The van der Waals surface area contributed by atoms with Gasteiger partial charge in [-0.15, -0.1) is 0 Å². The van der Waals surface area contributed by atoms with Crippen LogP contribution in [-0.2, 0) is 16.6 Å². The number of hydrogen-bond acceptors (Lipinski definition) is 3. The van der Waals surface area contributed by atoms with Gasteiger partial charge in [0.15, 0.2) is 0 Å². The maximum atomic E-state index is 12.3. The third kappa shape index (κ3) is 4.03. The lowest BCUT2D eigenvalue weighted by atomic mass is 10.1. The molecule has 2 N–H and O–H groups in total. The van der Waals surface area contributed by atoms with E-state index in [-0.39, 0.29) is 11.5 Å².